The average molecular weight is 494 g/mol. The largest absolute Gasteiger partial charge is 0.337 e. The number of carbonyl (C=O) groups excluding carboxylic acids is 2. The number of aromatic nitrogens is 2. The Labute approximate surface area is 195 Å². The molecule has 0 radical (unpaired) electrons. The summed E-state index contributed by atoms with van der Waals surface area (Å²) in [5.41, 5.74) is -0.970. The van der Waals surface area contributed by atoms with Crippen LogP contribution in [0.15, 0.2) is 47.8 Å². The third kappa shape index (κ3) is 4.38. The first-order chi connectivity index (χ1) is 16.2. The van der Waals surface area contributed by atoms with E-state index in [2.05, 4.69) is 15.4 Å². The monoisotopic (exact) mass is 493 g/mol. The van der Waals surface area contributed by atoms with Crippen LogP contribution in [0.5, 0.6) is 0 Å². The highest BCUT2D eigenvalue weighted by atomic mass is 35.5. The Hall–Kier alpha value is -3.73. The van der Waals surface area contributed by atoms with Crippen molar-refractivity contribution in [1.82, 2.24) is 14.9 Å². The molecule has 0 spiro atoms. The topological polar surface area (TPSA) is 79.6 Å². The lowest BCUT2D eigenvalue weighted by molar-refractivity contribution is -0.119. The summed E-state index contributed by atoms with van der Waals surface area (Å²) in [4.78, 5) is 29.6. The number of benzene rings is 2. The molecule has 34 heavy (non-hydrogen) atoms. The Morgan fingerprint density at radius 3 is 2.32 bits per heavy atom. The van der Waals surface area contributed by atoms with Gasteiger partial charge in [-0.25, -0.2) is 22.5 Å². The van der Waals surface area contributed by atoms with Crippen molar-refractivity contribution in [3.05, 3.63) is 82.4 Å². The van der Waals surface area contributed by atoms with Crippen molar-refractivity contribution in [2.24, 2.45) is 12.1 Å². The molecule has 1 aromatic heterocycles. The van der Waals surface area contributed by atoms with E-state index in [1.807, 2.05) is 0 Å². The summed E-state index contributed by atoms with van der Waals surface area (Å²) >= 11 is 5.96. The molecule has 2 heterocycles. The maximum absolute atomic E-state index is 14.3. The van der Waals surface area contributed by atoms with Gasteiger partial charge in [-0.3, -0.25) is 9.59 Å². The van der Waals surface area contributed by atoms with E-state index in [4.69, 9.17) is 11.6 Å². The summed E-state index contributed by atoms with van der Waals surface area (Å²) < 4.78 is 57.5. The van der Waals surface area contributed by atoms with Gasteiger partial charge in [-0.2, -0.15) is 10.1 Å². The Balaban J connectivity index is 1.70. The van der Waals surface area contributed by atoms with Crippen LogP contribution in [0.1, 0.15) is 30.3 Å². The molecular weight excluding hydrogens is 478 g/mol. The fourth-order valence-corrected chi connectivity index (χ4v) is 3.59. The molecule has 0 saturated heterocycles. The molecule has 2 amide bonds. The fourth-order valence-electron chi connectivity index (χ4n) is 3.46. The molecule has 2 aromatic carbocycles. The van der Waals surface area contributed by atoms with E-state index in [9.17, 15) is 27.2 Å². The van der Waals surface area contributed by atoms with Crippen molar-refractivity contribution >= 4 is 34.8 Å². The smallest absolute Gasteiger partial charge is 0.268 e. The average Bonchev–Trinajstić information content (AvgIpc) is 3.23. The Bertz CT molecular complexity index is 1280. The lowest BCUT2D eigenvalue weighted by Gasteiger charge is -2.25. The molecule has 1 aliphatic heterocycles. The van der Waals surface area contributed by atoms with Crippen LogP contribution in [0.3, 0.4) is 0 Å². The predicted octanol–water partition coefficient (Wildman–Crippen LogP) is 4.02. The normalized spacial score (nSPS) is 14.7. The number of halogens is 5. The van der Waals surface area contributed by atoms with Gasteiger partial charge in [0.2, 0.25) is 5.91 Å². The summed E-state index contributed by atoms with van der Waals surface area (Å²) in [6, 6.07) is 5.87. The zero-order chi connectivity index (χ0) is 24.6. The molecule has 176 valence electrons. The van der Waals surface area contributed by atoms with E-state index >= 15 is 0 Å². The summed E-state index contributed by atoms with van der Waals surface area (Å²) in [5.74, 6) is -8.24. The zero-order valence-electron chi connectivity index (χ0n) is 17.5. The van der Waals surface area contributed by atoms with E-state index < -0.39 is 46.8 Å². The molecule has 0 aliphatic carbocycles. The van der Waals surface area contributed by atoms with Crippen LogP contribution in [-0.4, -0.2) is 27.1 Å². The Morgan fingerprint density at radius 1 is 1.09 bits per heavy atom. The van der Waals surface area contributed by atoms with Gasteiger partial charge < -0.3 is 9.88 Å². The van der Waals surface area contributed by atoms with Crippen LogP contribution in [-0.2, 0) is 16.6 Å². The highest BCUT2D eigenvalue weighted by molar-refractivity contribution is 6.40. The Morgan fingerprint density at radius 2 is 1.74 bits per heavy atom. The fraction of sp³-hybridized carbons (Fsp3) is 0.182. The molecule has 0 bridgehead atoms. The number of carbonyl (C=O) groups is 2. The van der Waals surface area contributed by atoms with Crippen molar-refractivity contribution in [3.8, 4) is 0 Å². The van der Waals surface area contributed by atoms with Gasteiger partial charge in [0.25, 0.3) is 5.91 Å². The van der Waals surface area contributed by atoms with Crippen LogP contribution < -0.4 is 10.3 Å². The van der Waals surface area contributed by atoms with Gasteiger partial charge in [-0.05, 0) is 17.7 Å². The second-order valence-electron chi connectivity index (χ2n) is 7.42. The molecule has 4 rings (SSSR count). The standard InChI is InChI=1S/C22H16ClF4N5O2/c1-31-9-8-28-21(31)19(11-2-4-12(23)5-3-11)29-22(34)15-6-7-16(33)32(30-15)20-17(26)13(24)10-14(25)18(20)27/h2-5,8-10,19H,6-7H2,1H3,(H,29,34). The number of hydrogen-bond acceptors (Lipinski definition) is 4. The molecule has 1 unspecified atom stereocenters. The molecule has 0 fully saturated rings. The SMILES string of the molecule is Cn1ccnc1C(NC(=O)C1=NN(c2c(F)c(F)cc(F)c2F)C(=O)CC1)c1ccc(Cl)cc1. The maximum Gasteiger partial charge on any atom is 0.268 e. The molecule has 3 aromatic rings. The predicted molar refractivity (Wildman–Crippen MR) is 115 cm³/mol. The lowest BCUT2D eigenvalue weighted by Crippen LogP contribution is -2.41. The van der Waals surface area contributed by atoms with Crippen LogP contribution >= 0.6 is 11.6 Å². The molecular formula is C22H16ClF4N5O2. The number of nitrogens with one attached hydrogen (secondary N) is 1. The second-order valence-corrected chi connectivity index (χ2v) is 7.86. The first-order valence-electron chi connectivity index (χ1n) is 9.94. The van der Waals surface area contributed by atoms with E-state index in [1.165, 1.54) is 6.20 Å². The van der Waals surface area contributed by atoms with Crippen LogP contribution in [0.4, 0.5) is 23.2 Å². The summed E-state index contributed by atoms with van der Waals surface area (Å²) in [5, 5.41) is 7.11. The summed E-state index contributed by atoms with van der Waals surface area (Å²) in [6.45, 7) is 0. The molecule has 7 nitrogen and oxygen atoms in total. The van der Waals surface area contributed by atoms with Gasteiger partial charge in [-0.1, -0.05) is 23.7 Å². The van der Waals surface area contributed by atoms with Crippen molar-refractivity contribution < 1.29 is 27.2 Å². The van der Waals surface area contributed by atoms with E-state index in [0.717, 1.165) is 0 Å². The van der Waals surface area contributed by atoms with Gasteiger partial charge in [0.05, 0.1) is 0 Å². The van der Waals surface area contributed by atoms with Crippen LogP contribution in [0.2, 0.25) is 5.02 Å². The maximum atomic E-state index is 14.3. The minimum atomic E-state index is -1.80. The zero-order valence-corrected chi connectivity index (χ0v) is 18.3. The number of rotatable bonds is 5. The van der Waals surface area contributed by atoms with Gasteiger partial charge in [0, 0.05) is 43.4 Å². The number of anilines is 1. The minimum absolute atomic E-state index is 0.0174. The summed E-state index contributed by atoms with van der Waals surface area (Å²) in [7, 11) is 1.72. The van der Waals surface area contributed by atoms with Crippen LogP contribution in [0, 0.1) is 23.3 Å². The second kappa shape index (κ2) is 9.26. The van der Waals surface area contributed by atoms with Gasteiger partial charge >= 0.3 is 0 Å². The van der Waals surface area contributed by atoms with E-state index in [0.29, 0.717) is 16.4 Å². The molecule has 1 N–H and O–H groups in total. The minimum Gasteiger partial charge on any atom is -0.337 e. The third-order valence-corrected chi connectivity index (χ3v) is 5.44. The molecule has 0 saturated carbocycles. The highest BCUT2D eigenvalue weighted by Gasteiger charge is 2.33. The van der Waals surface area contributed by atoms with Crippen molar-refractivity contribution in [2.75, 3.05) is 5.01 Å². The number of hydrogen-bond donors (Lipinski definition) is 1. The first kappa shape index (κ1) is 23.4. The quantitative estimate of drug-likeness (QED) is 0.431. The van der Waals surface area contributed by atoms with E-state index in [-0.39, 0.29) is 29.6 Å². The molecule has 1 atom stereocenters. The van der Waals surface area contributed by atoms with Crippen molar-refractivity contribution in [1.29, 1.82) is 0 Å². The number of nitrogens with zero attached hydrogens (tertiary/aromatic N) is 4. The Kier molecular flexibility index (Phi) is 6.38. The first-order valence-corrected chi connectivity index (χ1v) is 10.3. The van der Waals surface area contributed by atoms with Crippen molar-refractivity contribution in [2.45, 2.75) is 18.9 Å². The van der Waals surface area contributed by atoms with Gasteiger partial charge in [-0.15, -0.1) is 0 Å². The number of amides is 2. The number of hydrazone groups is 1. The molecule has 1 aliphatic rings. The van der Waals surface area contributed by atoms with Gasteiger partial charge in [0.1, 0.15) is 23.3 Å². The van der Waals surface area contributed by atoms with Crippen molar-refractivity contribution in [3.63, 3.8) is 0 Å². The lowest BCUT2D eigenvalue weighted by atomic mass is 10.0. The number of aryl methyl sites for hydroxylation is 1. The van der Waals surface area contributed by atoms with Gasteiger partial charge in [0.15, 0.2) is 23.3 Å². The third-order valence-electron chi connectivity index (χ3n) is 5.19. The summed E-state index contributed by atoms with van der Waals surface area (Å²) in [6.07, 6.45) is 2.69. The van der Waals surface area contributed by atoms with E-state index in [1.54, 1.807) is 42.1 Å². The molecule has 12 heteroatoms. The van der Waals surface area contributed by atoms with Crippen LogP contribution in [0.25, 0.3) is 0 Å². The number of imidazole rings is 1. The highest BCUT2D eigenvalue weighted by Crippen LogP contribution is 2.31.